The molecule has 0 saturated heterocycles. The number of benzene rings is 2. The minimum absolute atomic E-state index is 0.0475. The van der Waals surface area contributed by atoms with Crippen molar-refractivity contribution < 1.29 is 13.9 Å². The summed E-state index contributed by atoms with van der Waals surface area (Å²) < 4.78 is 18.7. The third-order valence-corrected chi connectivity index (χ3v) is 4.00. The number of halogens is 3. The Balaban J connectivity index is 2.06. The van der Waals surface area contributed by atoms with Crippen LogP contribution in [0.3, 0.4) is 0 Å². The summed E-state index contributed by atoms with van der Waals surface area (Å²) in [7, 11) is 1.57. The van der Waals surface area contributed by atoms with Crippen molar-refractivity contribution in [3.63, 3.8) is 0 Å². The number of ether oxygens (including phenoxy) is 1. The molecule has 23 heavy (non-hydrogen) atoms. The molecule has 1 amide bonds. The van der Waals surface area contributed by atoms with E-state index in [-0.39, 0.29) is 17.4 Å². The fourth-order valence-corrected chi connectivity index (χ4v) is 2.75. The third-order valence-electron chi connectivity index (χ3n) is 3.38. The second-order valence-corrected chi connectivity index (χ2v) is 5.92. The quantitative estimate of drug-likeness (QED) is 0.798. The van der Waals surface area contributed by atoms with Gasteiger partial charge in [0, 0.05) is 5.02 Å². The summed E-state index contributed by atoms with van der Waals surface area (Å²) in [5.74, 6) is -0.0803. The van der Waals surface area contributed by atoms with Crippen molar-refractivity contribution in [3.05, 3.63) is 63.4 Å². The molecular formula is C17H16Cl2FNO2. The highest BCUT2D eigenvalue weighted by molar-refractivity contribution is 6.35. The topological polar surface area (TPSA) is 38.3 Å². The number of hydrogen-bond donors (Lipinski definition) is 1. The first kappa shape index (κ1) is 17.6. The van der Waals surface area contributed by atoms with Crippen molar-refractivity contribution >= 4 is 29.1 Å². The van der Waals surface area contributed by atoms with Gasteiger partial charge >= 0.3 is 0 Å². The van der Waals surface area contributed by atoms with E-state index in [1.54, 1.807) is 26.2 Å². The molecule has 0 aliphatic carbocycles. The van der Waals surface area contributed by atoms with Crippen molar-refractivity contribution in [2.24, 2.45) is 0 Å². The molecule has 122 valence electrons. The minimum Gasteiger partial charge on any atom is -0.497 e. The Morgan fingerprint density at radius 1 is 1.26 bits per heavy atom. The lowest BCUT2D eigenvalue weighted by Crippen LogP contribution is -2.28. The van der Waals surface area contributed by atoms with Crippen molar-refractivity contribution in [2.45, 2.75) is 19.4 Å². The molecule has 6 heteroatoms. The Labute approximate surface area is 144 Å². The number of rotatable bonds is 5. The van der Waals surface area contributed by atoms with Crippen LogP contribution < -0.4 is 10.1 Å². The number of nitrogens with one attached hydrogen (secondary N) is 1. The Morgan fingerprint density at radius 3 is 2.70 bits per heavy atom. The fourth-order valence-electron chi connectivity index (χ4n) is 2.21. The van der Waals surface area contributed by atoms with Gasteiger partial charge in [0.1, 0.15) is 11.6 Å². The van der Waals surface area contributed by atoms with Crippen molar-refractivity contribution in [3.8, 4) is 5.75 Å². The van der Waals surface area contributed by atoms with E-state index >= 15 is 0 Å². The standard InChI is InChI=1S/C17H16Cl2FNO2/c1-10(13-8-16(20)15(19)9-14(13)18)21-17(22)7-11-4-3-5-12(6-11)23-2/h3-6,8-10H,7H2,1-2H3,(H,21,22). The average Bonchev–Trinajstić information content (AvgIpc) is 2.50. The molecule has 0 aliphatic rings. The van der Waals surface area contributed by atoms with Gasteiger partial charge in [-0.1, -0.05) is 35.3 Å². The van der Waals surface area contributed by atoms with Gasteiger partial charge in [0.25, 0.3) is 0 Å². The summed E-state index contributed by atoms with van der Waals surface area (Å²) in [4.78, 5) is 12.1. The van der Waals surface area contributed by atoms with E-state index < -0.39 is 11.9 Å². The molecule has 2 rings (SSSR count). The second-order valence-electron chi connectivity index (χ2n) is 5.11. The predicted octanol–water partition coefficient (Wildman–Crippen LogP) is 4.56. The highest BCUT2D eigenvalue weighted by Crippen LogP contribution is 2.28. The molecule has 3 nitrogen and oxygen atoms in total. The van der Waals surface area contributed by atoms with Crippen molar-refractivity contribution in [2.75, 3.05) is 7.11 Å². The fraction of sp³-hybridized carbons (Fsp3) is 0.235. The van der Waals surface area contributed by atoms with Crippen LogP contribution >= 0.6 is 23.2 Å². The summed E-state index contributed by atoms with van der Waals surface area (Å²) in [6.07, 6.45) is 0.190. The van der Waals surface area contributed by atoms with E-state index in [9.17, 15) is 9.18 Å². The van der Waals surface area contributed by atoms with Crippen LogP contribution in [0, 0.1) is 5.82 Å². The molecular weight excluding hydrogens is 340 g/mol. The lowest BCUT2D eigenvalue weighted by Gasteiger charge is -2.16. The molecule has 0 saturated carbocycles. The van der Waals surface area contributed by atoms with Gasteiger partial charge in [-0.15, -0.1) is 0 Å². The maximum Gasteiger partial charge on any atom is 0.224 e. The molecule has 0 spiro atoms. The molecule has 0 aliphatic heterocycles. The number of methoxy groups -OCH3 is 1. The van der Waals surface area contributed by atoms with Crippen LogP contribution in [0.1, 0.15) is 24.1 Å². The van der Waals surface area contributed by atoms with E-state index in [1.165, 1.54) is 12.1 Å². The van der Waals surface area contributed by atoms with Gasteiger partial charge in [0.2, 0.25) is 5.91 Å². The van der Waals surface area contributed by atoms with Gasteiger partial charge in [-0.25, -0.2) is 4.39 Å². The van der Waals surface area contributed by atoms with Crippen LogP contribution in [0.15, 0.2) is 36.4 Å². The smallest absolute Gasteiger partial charge is 0.224 e. The van der Waals surface area contributed by atoms with Crippen LogP contribution in [-0.2, 0) is 11.2 Å². The first-order chi connectivity index (χ1) is 10.9. The van der Waals surface area contributed by atoms with Gasteiger partial charge < -0.3 is 10.1 Å². The first-order valence-electron chi connectivity index (χ1n) is 6.97. The lowest BCUT2D eigenvalue weighted by atomic mass is 10.1. The van der Waals surface area contributed by atoms with Gasteiger partial charge in [-0.05, 0) is 42.3 Å². The van der Waals surface area contributed by atoms with E-state index in [2.05, 4.69) is 5.32 Å². The van der Waals surface area contributed by atoms with E-state index in [1.807, 2.05) is 12.1 Å². The Kier molecular flexibility index (Phi) is 5.85. The second kappa shape index (κ2) is 7.66. The molecule has 0 aromatic heterocycles. The third kappa shape index (κ3) is 4.60. The predicted molar refractivity (Wildman–Crippen MR) is 89.7 cm³/mol. The van der Waals surface area contributed by atoms with E-state index in [0.29, 0.717) is 16.3 Å². The first-order valence-corrected chi connectivity index (χ1v) is 7.73. The number of carbonyl (C=O) groups is 1. The number of carbonyl (C=O) groups excluding carboxylic acids is 1. The number of amides is 1. The highest BCUT2D eigenvalue weighted by Gasteiger charge is 2.16. The molecule has 2 aromatic carbocycles. The summed E-state index contributed by atoms with van der Waals surface area (Å²) in [6, 6.07) is 9.38. The monoisotopic (exact) mass is 355 g/mol. The zero-order valence-corrected chi connectivity index (χ0v) is 14.2. The molecule has 0 radical (unpaired) electrons. The Bertz CT molecular complexity index is 722. The summed E-state index contributed by atoms with van der Waals surface area (Å²) in [5.41, 5.74) is 1.30. The van der Waals surface area contributed by atoms with Gasteiger partial charge in [-0.2, -0.15) is 0 Å². The molecule has 1 atom stereocenters. The highest BCUT2D eigenvalue weighted by atomic mass is 35.5. The summed E-state index contributed by atoms with van der Waals surface area (Å²) in [6.45, 7) is 1.73. The molecule has 0 heterocycles. The zero-order chi connectivity index (χ0) is 17.0. The zero-order valence-electron chi connectivity index (χ0n) is 12.7. The summed E-state index contributed by atoms with van der Waals surface area (Å²) in [5, 5.41) is 3.06. The maximum atomic E-state index is 13.6. The molecule has 0 bridgehead atoms. The lowest BCUT2D eigenvalue weighted by molar-refractivity contribution is -0.121. The molecule has 1 unspecified atom stereocenters. The Morgan fingerprint density at radius 2 is 2.00 bits per heavy atom. The van der Waals surface area contributed by atoms with Crippen LogP contribution in [0.5, 0.6) is 5.75 Å². The van der Waals surface area contributed by atoms with Gasteiger partial charge in [0.15, 0.2) is 0 Å². The summed E-state index contributed by atoms with van der Waals surface area (Å²) >= 11 is 11.7. The normalized spacial score (nSPS) is 11.9. The Hall–Kier alpha value is -1.78. The van der Waals surface area contributed by atoms with Crippen LogP contribution in [-0.4, -0.2) is 13.0 Å². The van der Waals surface area contributed by atoms with E-state index in [4.69, 9.17) is 27.9 Å². The maximum absolute atomic E-state index is 13.6. The largest absolute Gasteiger partial charge is 0.497 e. The van der Waals surface area contributed by atoms with Gasteiger partial charge in [-0.3, -0.25) is 4.79 Å². The van der Waals surface area contributed by atoms with Crippen LogP contribution in [0.4, 0.5) is 4.39 Å². The molecule has 0 fully saturated rings. The van der Waals surface area contributed by atoms with Crippen molar-refractivity contribution in [1.29, 1.82) is 0 Å². The van der Waals surface area contributed by atoms with Crippen LogP contribution in [0.25, 0.3) is 0 Å². The van der Waals surface area contributed by atoms with Crippen LogP contribution in [0.2, 0.25) is 10.0 Å². The minimum atomic E-state index is -0.569. The SMILES string of the molecule is COc1cccc(CC(=O)NC(C)c2cc(F)c(Cl)cc2Cl)c1. The van der Waals surface area contributed by atoms with Gasteiger partial charge in [0.05, 0.1) is 24.6 Å². The van der Waals surface area contributed by atoms with Crippen molar-refractivity contribution in [1.82, 2.24) is 5.32 Å². The molecule has 2 aromatic rings. The average molecular weight is 356 g/mol. The number of hydrogen-bond acceptors (Lipinski definition) is 2. The molecule has 1 N–H and O–H groups in total. The van der Waals surface area contributed by atoms with E-state index in [0.717, 1.165) is 5.56 Å².